The van der Waals surface area contributed by atoms with E-state index in [0.29, 0.717) is 28.8 Å². The summed E-state index contributed by atoms with van der Waals surface area (Å²) in [7, 11) is 0. The zero-order valence-corrected chi connectivity index (χ0v) is 15.3. The van der Waals surface area contributed by atoms with Gasteiger partial charge in [0, 0.05) is 5.56 Å². The number of H-pyrrole nitrogens is 1. The number of nitriles is 1. The summed E-state index contributed by atoms with van der Waals surface area (Å²) in [4.78, 5) is 19.1. The van der Waals surface area contributed by atoms with Crippen molar-refractivity contribution in [3.63, 3.8) is 0 Å². The summed E-state index contributed by atoms with van der Waals surface area (Å²) in [5, 5.41) is 9.79. The molecule has 3 aromatic rings. The molecule has 130 valence electrons. The highest BCUT2D eigenvalue weighted by Gasteiger charge is 2.13. The molecule has 0 spiro atoms. The zero-order chi connectivity index (χ0) is 18.5. The van der Waals surface area contributed by atoms with Crippen molar-refractivity contribution in [1.29, 1.82) is 5.26 Å². The maximum Gasteiger partial charge on any atom is 0.270 e. The van der Waals surface area contributed by atoms with E-state index in [1.54, 1.807) is 6.07 Å². The van der Waals surface area contributed by atoms with E-state index in [1.165, 1.54) is 17.3 Å². The average molecular weight is 363 g/mol. The van der Waals surface area contributed by atoms with Crippen LogP contribution in [0.2, 0.25) is 0 Å². The van der Waals surface area contributed by atoms with E-state index in [9.17, 15) is 10.1 Å². The molecule has 3 rings (SSSR count). The minimum atomic E-state index is -0.437. The Kier molecular flexibility index (Phi) is 5.40. The van der Waals surface area contributed by atoms with Crippen molar-refractivity contribution in [2.45, 2.75) is 18.7 Å². The van der Waals surface area contributed by atoms with Gasteiger partial charge in [-0.1, -0.05) is 53.7 Å². The molecule has 5 nitrogen and oxygen atoms in total. The number of aryl methyl sites for hydroxylation is 1. The Hall–Kier alpha value is -3.04. The van der Waals surface area contributed by atoms with Gasteiger partial charge in [0.15, 0.2) is 5.16 Å². The van der Waals surface area contributed by atoms with Gasteiger partial charge in [0.05, 0.1) is 5.69 Å². The Morgan fingerprint density at radius 1 is 1.23 bits per heavy atom. The van der Waals surface area contributed by atoms with Crippen LogP contribution in [0.25, 0.3) is 11.3 Å². The van der Waals surface area contributed by atoms with Gasteiger partial charge >= 0.3 is 0 Å². The van der Waals surface area contributed by atoms with Crippen molar-refractivity contribution in [2.75, 3.05) is 6.26 Å². The van der Waals surface area contributed by atoms with Gasteiger partial charge in [-0.15, -0.1) is 0 Å². The fraction of sp³-hybridized carbons (Fsp3) is 0.150. The number of nitrogens with zero attached hydrogens (tertiary/aromatic N) is 2. The predicted octanol–water partition coefficient (Wildman–Crippen LogP) is 3.92. The van der Waals surface area contributed by atoms with Gasteiger partial charge in [0.2, 0.25) is 0 Å². The first-order chi connectivity index (χ1) is 12.6. The van der Waals surface area contributed by atoms with Gasteiger partial charge in [0.25, 0.3) is 5.56 Å². The number of hydrogen-bond donors (Lipinski definition) is 1. The van der Waals surface area contributed by atoms with Gasteiger partial charge < -0.3 is 9.72 Å². The molecular weight excluding hydrogens is 346 g/mol. The highest BCUT2D eigenvalue weighted by molar-refractivity contribution is 7.98. The SMILES string of the molecule is CSc1nc(-c2cccc(OCc3cccc(C)c3)c2)c(C#N)c(=O)[nH]1. The first-order valence-corrected chi connectivity index (χ1v) is 9.20. The number of benzene rings is 2. The molecule has 0 aliphatic carbocycles. The Morgan fingerprint density at radius 3 is 2.77 bits per heavy atom. The Morgan fingerprint density at radius 2 is 2.04 bits per heavy atom. The molecule has 0 atom stereocenters. The molecule has 0 saturated heterocycles. The fourth-order valence-corrected chi connectivity index (χ4v) is 2.94. The third kappa shape index (κ3) is 3.95. The van der Waals surface area contributed by atoms with Crippen molar-refractivity contribution in [3.8, 4) is 23.1 Å². The van der Waals surface area contributed by atoms with Crippen LogP contribution in [-0.4, -0.2) is 16.2 Å². The maximum absolute atomic E-state index is 12.1. The second-order valence-electron chi connectivity index (χ2n) is 5.72. The molecule has 0 bridgehead atoms. The highest BCUT2D eigenvalue weighted by Crippen LogP contribution is 2.25. The summed E-state index contributed by atoms with van der Waals surface area (Å²) in [5.74, 6) is 0.653. The number of ether oxygens (including phenoxy) is 1. The summed E-state index contributed by atoms with van der Waals surface area (Å²) in [6.07, 6.45) is 1.81. The highest BCUT2D eigenvalue weighted by atomic mass is 32.2. The molecule has 0 unspecified atom stereocenters. The van der Waals surface area contributed by atoms with E-state index in [0.717, 1.165) is 5.56 Å². The van der Waals surface area contributed by atoms with Crippen molar-refractivity contribution in [1.82, 2.24) is 9.97 Å². The Bertz CT molecular complexity index is 1040. The van der Waals surface area contributed by atoms with Gasteiger partial charge in [-0.3, -0.25) is 4.79 Å². The quantitative estimate of drug-likeness (QED) is 0.549. The second kappa shape index (κ2) is 7.89. The molecule has 0 saturated carbocycles. The number of nitrogens with one attached hydrogen (secondary N) is 1. The van der Waals surface area contributed by atoms with Crippen molar-refractivity contribution < 1.29 is 4.74 Å². The number of hydrogen-bond acceptors (Lipinski definition) is 5. The molecule has 0 fully saturated rings. The Labute approximate surface area is 155 Å². The van der Waals surface area contributed by atoms with E-state index in [2.05, 4.69) is 16.0 Å². The van der Waals surface area contributed by atoms with Crippen LogP contribution in [0.5, 0.6) is 5.75 Å². The predicted molar refractivity (Wildman–Crippen MR) is 102 cm³/mol. The normalized spacial score (nSPS) is 10.3. The molecule has 0 amide bonds. The second-order valence-corrected chi connectivity index (χ2v) is 6.51. The van der Waals surface area contributed by atoms with Crippen LogP contribution in [0, 0.1) is 18.3 Å². The lowest BCUT2D eigenvalue weighted by atomic mass is 10.1. The maximum atomic E-state index is 12.1. The van der Waals surface area contributed by atoms with Gasteiger partial charge in [-0.05, 0) is 30.9 Å². The van der Waals surface area contributed by atoms with Gasteiger partial charge in [-0.2, -0.15) is 5.26 Å². The van der Waals surface area contributed by atoms with E-state index in [1.807, 2.05) is 55.6 Å². The summed E-state index contributed by atoms with van der Waals surface area (Å²) in [5.41, 5.74) is 2.85. The third-order valence-corrected chi connectivity index (χ3v) is 4.38. The standard InChI is InChI=1S/C20H17N3O2S/c1-13-5-3-6-14(9-13)12-25-16-8-4-7-15(10-16)18-17(11-21)19(24)23-20(22-18)26-2/h3-10H,12H2,1-2H3,(H,22,23,24). The van der Waals surface area contributed by atoms with Crippen LogP contribution in [0.4, 0.5) is 0 Å². The molecular formula is C20H17N3O2S. The molecule has 0 aliphatic rings. The van der Waals surface area contributed by atoms with Crippen LogP contribution in [-0.2, 0) is 6.61 Å². The monoisotopic (exact) mass is 363 g/mol. The molecule has 26 heavy (non-hydrogen) atoms. The minimum Gasteiger partial charge on any atom is -0.489 e. The van der Waals surface area contributed by atoms with Crippen molar-refractivity contribution >= 4 is 11.8 Å². The number of aromatic nitrogens is 2. The average Bonchev–Trinajstić information content (AvgIpc) is 2.66. The summed E-state index contributed by atoms with van der Waals surface area (Å²) < 4.78 is 5.87. The van der Waals surface area contributed by atoms with E-state index in [4.69, 9.17) is 4.74 Å². The lowest BCUT2D eigenvalue weighted by molar-refractivity contribution is 0.306. The van der Waals surface area contributed by atoms with E-state index < -0.39 is 5.56 Å². The van der Waals surface area contributed by atoms with E-state index in [-0.39, 0.29) is 5.56 Å². The van der Waals surface area contributed by atoms with Crippen molar-refractivity contribution in [3.05, 3.63) is 75.6 Å². The lowest BCUT2D eigenvalue weighted by Gasteiger charge is -2.10. The number of thioether (sulfide) groups is 1. The molecule has 1 aromatic heterocycles. The number of aromatic amines is 1. The van der Waals surface area contributed by atoms with Gasteiger partial charge in [0.1, 0.15) is 24.0 Å². The largest absolute Gasteiger partial charge is 0.489 e. The molecule has 0 radical (unpaired) electrons. The smallest absolute Gasteiger partial charge is 0.270 e. The molecule has 1 heterocycles. The van der Waals surface area contributed by atoms with Crippen molar-refractivity contribution in [2.24, 2.45) is 0 Å². The van der Waals surface area contributed by atoms with Crippen LogP contribution in [0.15, 0.2) is 58.5 Å². The molecule has 1 N–H and O–H groups in total. The van der Waals surface area contributed by atoms with Crippen LogP contribution in [0.3, 0.4) is 0 Å². The number of rotatable bonds is 5. The van der Waals surface area contributed by atoms with Crippen LogP contribution >= 0.6 is 11.8 Å². The van der Waals surface area contributed by atoms with Gasteiger partial charge in [-0.25, -0.2) is 4.98 Å². The summed E-state index contributed by atoms with van der Waals surface area (Å²) in [6.45, 7) is 2.48. The minimum absolute atomic E-state index is 0.00126. The zero-order valence-electron chi connectivity index (χ0n) is 14.4. The first-order valence-electron chi connectivity index (χ1n) is 7.98. The first kappa shape index (κ1) is 17.8. The topological polar surface area (TPSA) is 78.8 Å². The molecule has 0 aliphatic heterocycles. The van der Waals surface area contributed by atoms with Crippen LogP contribution < -0.4 is 10.3 Å². The molecule has 2 aromatic carbocycles. The summed E-state index contributed by atoms with van der Waals surface area (Å²) in [6, 6.07) is 17.3. The van der Waals surface area contributed by atoms with E-state index >= 15 is 0 Å². The summed E-state index contributed by atoms with van der Waals surface area (Å²) >= 11 is 1.32. The Balaban J connectivity index is 1.91. The molecule has 6 heteroatoms. The third-order valence-electron chi connectivity index (χ3n) is 3.80. The lowest BCUT2D eigenvalue weighted by Crippen LogP contribution is -2.14. The fourth-order valence-electron chi connectivity index (χ4n) is 2.56. The van der Waals surface area contributed by atoms with Crippen LogP contribution in [0.1, 0.15) is 16.7 Å².